The summed E-state index contributed by atoms with van der Waals surface area (Å²) in [5.41, 5.74) is 1.52. The molecule has 0 aromatic carbocycles. The van der Waals surface area contributed by atoms with Gasteiger partial charge in [0.25, 0.3) is 0 Å². The number of nitrogens with one attached hydrogen (secondary N) is 2. The van der Waals surface area contributed by atoms with E-state index in [1.54, 1.807) is 4.88 Å². The van der Waals surface area contributed by atoms with E-state index in [0.717, 1.165) is 32.0 Å². The molecule has 1 aromatic heterocycles. The van der Waals surface area contributed by atoms with E-state index < -0.39 is 0 Å². The van der Waals surface area contributed by atoms with E-state index in [-0.39, 0.29) is 24.0 Å². The third-order valence-electron chi connectivity index (χ3n) is 3.83. The number of aliphatic imine (C=N–C) groups is 1. The number of thiophene rings is 1. The fourth-order valence-electron chi connectivity index (χ4n) is 2.36. The second kappa shape index (κ2) is 9.63. The van der Waals surface area contributed by atoms with Gasteiger partial charge in [0.05, 0.1) is 0 Å². The van der Waals surface area contributed by atoms with Crippen LogP contribution in [0.3, 0.4) is 0 Å². The summed E-state index contributed by atoms with van der Waals surface area (Å²) in [5, 5.41) is 9.00. The first-order valence-corrected chi connectivity index (χ1v) is 8.35. The Balaban J connectivity index is 0.00000220. The van der Waals surface area contributed by atoms with Crippen molar-refractivity contribution in [3.8, 4) is 0 Å². The number of fused-ring (bicyclic) bond motifs is 1. The van der Waals surface area contributed by atoms with Crippen LogP contribution in [0.15, 0.2) is 16.4 Å². The molecule has 1 aromatic rings. The molecule has 1 aliphatic rings. The Morgan fingerprint density at radius 2 is 2.33 bits per heavy atom. The number of halogens is 1. The molecular formula is C15H27IN4S. The molecule has 0 radical (unpaired) electrons. The highest BCUT2D eigenvalue weighted by atomic mass is 127. The molecule has 0 aliphatic carbocycles. The quantitative estimate of drug-likeness (QED) is 0.436. The van der Waals surface area contributed by atoms with Crippen LogP contribution in [-0.2, 0) is 13.0 Å². The standard InChI is InChI=1S/C15H26N4S.HI/c1-4-12(2)18-15(16-3)17-7-9-19-8-5-14-13(11-19)6-10-20-14;/h6,10,12H,4-5,7-9,11H2,1-3H3,(H2,16,17,18);1H. The van der Waals surface area contributed by atoms with Crippen LogP contribution in [0.4, 0.5) is 0 Å². The Morgan fingerprint density at radius 1 is 1.52 bits per heavy atom. The molecule has 0 saturated heterocycles. The van der Waals surface area contributed by atoms with Crippen molar-refractivity contribution in [2.75, 3.05) is 26.7 Å². The Bertz CT molecular complexity index is 447. The Labute approximate surface area is 149 Å². The lowest BCUT2D eigenvalue weighted by Crippen LogP contribution is -2.45. The molecule has 0 saturated carbocycles. The third-order valence-corrected chi connectivity index (χ3v) is 4.85. The number of hydrogen-bond donors (Lipinski definition) is 2. The van der Waals surface area contributed by atoms with Crippen molar-refractivity contribution in [3.63, 3.8) is 0 Å². The van der Waals surface area contributed by atoms with E-state index in [9.17, 15) is 0 Å². The lowest BCUT2D eigenvalue weighted by molar-refractivity contribution is 0.260. The van der Waals surface area contributed by atoms with Crippen molar-refractivity contribution in [2.24, 2.45) is 4.99 Å². The minimum absolute atomic E-state index is 0. The summed E-state index contributed by atoms with van der Waals surface area (Å²) < 4.78 is 0. The van der Waals surface area contributed by atoms with Gasteiger partial charge < -0.3 is 10.6 Å². The molecule has 2 N–H and O–H groups in total. The molecule has 6 heteroatoms. The van der Waals surface area contributed by atoms with Crippen molar-refractivity contribution < 1.29 is 0 Å². The van der Waals surface area contributed by atoms with Crippen molar-refractivity contribution >= 4 is 41.3 Å². The average Bonchev–Trinajstić information content (AvgIpc) is 2.93. The van der Waals surface area contributed by atoms with Crippen molar-refractivity contribution in [3.05, 3.63) is 21.9 Å². The molecular weight excluding hydrogens is 395 g/mol. The fraction of sp³-hybridized carbons (Fsp3) is 0.667. The second-order valence-corrected chi connectivity index (χ2v) is 6.35. The molecule has 2 rings (SSSR count). The highest BCUT2D eigenvalue weighted by Crippen LogP contribution is 2.23. The zero-order valence-corrected chi connectivity index (χ0v) is 16.3. The van der Waals surface area contributed by atoms with Gasteiger partial charge >= 0.3 is 0 Å². The maximum absolute atomic E-state index is 4.26. The SMILES string of the molecule is CCC(C)NC(=NC)NCCN1CCc2sccc2C1.I. The summed E-state index contributed by atoms with van der Waals surface area (Å²) in [4.78, 5) is 8.35. The number of rotatable bonds is 5. The number of hydrogen-bond acceptors (Lipinski definition) is 3. The van der Waals surface area contributed by atoms with E-state index in [1.807, 2.05) is 18.4 Å². The maximum Gasteiger partial charge on any atom is 0.191 e. The largest absolute Gasteiger partial charge is 0.355 e. The van der Waals surface area contributed by atoms with Crippen molar-refractivity contribution in [2.45, 2.75) is 39.3 Å². The van der Waals surface area contributed by atoms with Crippen LogP contribution in [0.25, 0.3) is 0 Å². The maximum atomic E-state index is 4.26. The normalized spacial score (nSPS) is 16.8. The fourth-order valence-corrected chi connectivity index (χ4v) is 3.25. The molecule has 0 fully saturated rings. The van der Waals surface area contributed by atoms with Gasteiger partial charge in [-0.05, 0) is 36.8 Å². The van der Waals surface area contributed by atoms with E-state index in [4.69, 9.17) is 0 Å². The van der Waals surface area contributed by atoms with Crippen LogP contribution in [0.5, 0.6) is 0 Å². The molecule has 1 unspecified atom stereocenters. The van der Waals surface area contributed by atoms with Gasteiger partial charge in [-0.25, -0.2) is 0 Å². The Kier molecular flexibility index (Phi) is 8.58. The molecule has 1 atom stereocenters. The second-order valence-electron chi connectivity index (χ2n) is 5.35. The summed E-state index contributed by atoms with van der Waals surface area (Å²) in [6.07, 6.45) is 2.31. The number of nitrogens with zero attached hydrogens (tertiary/aromatic N) is 2. The highest BCUT2D eigenvalue weighted by molar-refractivity contribution is 14.0. The average molecular weight is 422 g/mol. The van der Waals surface area contributed by atoms with Gasteiger partial charge in [0, 0.05) is 44.1 Å². The first-order chi connectivity index (χ1) is 9.72. The molecule has 4 nitrogen and oxygen atoms in total. The first kappa shape index (κ1) is 18.7. The molecule has 0 spiro atoms. The van der Waals surface area contributed by atoms with Crippen molar-refractivity contribution in [1.82, 2.24) is 15.5 Å². The molecule has 1 aliphatic heterocycles. The first-order valence-electron chi connectivity index (χ1n) is 7.47. The topological polar surface area (TPSA) is 39.7 Å². The van der Waals surface area contributed by atoms with Crippen molar-refractivity contribution in [1.29, 1.82) is 0 Å². The number of guanidine groups is 1. The van der Waals surface area contributed by atoms with Gasteiger partial charge in [-0.15, -0.1) is 35.3 Å². The summed E-state index contributed by atoms with van der Waals surface area (Å²) >= 11 is 1.90. The van der Waals surface area contributed by atoms with Gasteiger partial charge in [0.15, 0.2) is 5.96 Å². The van der Waals surface area contributed by atoms with Gasteiger partial charge in [0.1, 0.15) is 0 Å². The zero-order valence-electron chi connectivity index (χ0n) is 13.2. The smallest absolute Gasteiger partial charge is 0.191 e. The minimum Gasteiger partial charge on any atom is -0.355 e. The summed E-state index contributed by atoms with van der Waals surface area (Å²) in [5.74, 6) is 0.910. The summed E-state index contributed by atoms with van der Waals surface area (Å²) in [7, 11) is 1.83. The molecule has 120 valence electrons. The summed E-state index contributed by atoms with van der Waals surface area (Å²) in [6.45, 7) is 8.63. The van der Waals surface area contributed by atoms with E-state index >= 15 is 0 Å². The molecule has 2 heterocycles. The van der Waals surface area contributed by atoms with Gasteiger partial charge in [-0.1, -0.05) is 6.92 Å². The van der Waals surface area contributed by atoms with Crippen LogP contribution in [0, 0.1) is 0 Å². The predicted octanol–water partition coefficient (Wildman–Crippen LogP) is 2.69. The Hall–Kier alpha value is -0.340. The van der Waals surface area contributed by atoms with E-state index in [1.165, 1.54) is 18.5 Å². The lowest BCUT2D eigenvalue weighted by atomic mass is 10.1. The van der Waals surface area contributed by atoms with Gasteiger partial charge in [-0.2, -0.15) is 0 Å². The van der Waals surface area contributed by atoms with Crippen LogP contribution in [-0.4, -0.2) is 43.6 Å². The van der Waals surface area contributed by atoms with Gasteiger partial charge in [-0.3, -0.25) is 9.89 Å². The van der Waals surface area contributed by atoms with Crippen LogP contribution in [0.2, 0.25) is 0 Å². The monoisotopic (exact) mass is 422 g/mol. The van der Waals surface area contributed by atoms with E-state index in [0.29, 0.717) is 6.04 Å². The molecule has 0 bridgehead atoms. The third kappa shape index (κ3) is 5.75. The summed E-state index contributed by atoms with van der Waals surface area (Å²) in [6, 6.07) is 2.73. The van der Waals surface area contributed by atoms with E-state index in [2.05, 4.69) is 45.8 Å². The highest BCUT2D eigenvalue weighted by Gasteiger charge is 2.16. The van der Waals surface area contributed by atoms with Crippen LogP contribution in [0.1, 0.15) is 30.7 Å². The lowest BCUT2D eigenvalue weighted by Gasteiger charge is -2.27. The Morgan fingerprint density at radius 3 is 3.05 bits per heavy atom. The van der Waals surface area contributed by atoms with Gasteiger partial charge in [0.2, 0.25) is 0 Å². The molecule has 21 heavy (non-hydrogen) atoms. The van der Waals surface area contributed by atoms with Crippen LogP contribution < -0.4 is 10.6 Å². The minimum atomic E-state index is 0. The predicted molar refractivity (Wildman–Crippen MR) is 103 cm³/mol. The zero-order chi connectivity index (χ0) is 14.4. The molecule has 0 amide bonds. The van der Waals surface area contributed by atoms with Crippen LogP contribution >= 0.6 is 35.3 Å².